The fraction of sp³-hybridized carbons (Fsp3) is 0.412. The highest BCUT2D eigenvalue weighted by molar-refractivity contribution is 5.73. The van der Waals surface area contributed by atoms with Crippen LogP contribution in [0.15, 0.2) is 30.5 Å². The van der Waals surface area contributed by atoms with E-state index in [1.807, 2.05) is 0 Å². The second-order valence-electron chi connectivity index (χ2n) is 5.70. The Kier molecular flexibility index (Phi) is 6.00. The van der Waals surface area contributed by atoms with Crippen LogP contribution in [0.25, 0.3) is 11.3 Å². The van der Waals surface area contributed by atoms with E-state index >= 15 is 0 Å². The average molecular weight is 339 g/mol. The molecule has 130 valence electrons. The standard InChI is InChI=1S/C17H20F3N3O/c18-17(19,20)13-9-7-12(8-10-13)14-11-22-16(23-14)6-4-2-1-3-5-15(21)24/h7-11H,1-6H2,(H2,21,24)(H,22,23). The van der Waals surface area contributed by atoms with E-state index < -0.39 is 11.7 Å². The first kappa shape index (κ1) is 18.0. The largest absolute Gasteiger partial charge is 0.416 e. The number of carbonyl (C=O) groups excluding carboxylic acids is 1. The predicted octanol–water partition coefficient (Wildman–Crippen LogP) is 4.07. The molecule has 0 bridgehead atoms. The highest BCUT2D eigenvalue weighted by atomic mass is 19.4. The molecule has 0 aliphatic carbocycles. The van der Waals surface area contributed by atoms with Crippen LogP contribution in [0, 0.1) is 0 Å². The molecule has 1 amide bonds. The third-order valence-electron chi connectivity index (χ3n) is 3.74. The van der Waals surface area contributed by atoms with E-state index in [0.717, 1.165) is 50.1 Å². The molecule has 0 saturated heterocycles. The number of primary amides is 1. The number of hydrogen-bond donors (Lipinski definition) is 2. The van der Waals surface area contributed by atoms with Crippen LogP contribution < -0.4 is 5.73 Å². The molecule has 1 aromatic carbocycles. The van der Waals surface area contributed by atoms with Gasteiger partial charge in [0.15, 0.2) is 0 Å². The summed E-state index contributed by atoms with van der Waals surface area (Å²) in [6.45, 7) is 0. The number of nitrogens with one attached hydrogen (secondary N) is 1. The molecule has 2 aromatic rings. The van der Waals surface area contributed by atoms with Crippen LogP contribution in [0.4, 0.5) is 13.2 Å². The maximum Gasteiger partial charge on any atom is 0.416 e. The second kappa shape index (κ2) is 7.99. The lowest BCUT2D eigenvalue weighted by atomic mass is 10.1. The Morgan fingerprint density at radius 2 is 1.75 bits per heavy atom. The summed E-state index contributed by atoms with van der Waals surface area (Å²) in [5.74, 6) is 0.530. The number of aryl methyl sites for hydroxylation is 1. The Hall–Kier alpha value is -2.31. The van der Waals surface area contributed by atoms with Gasteiger partial charge in [-0.2, -0.15) is 13.2 Å². The first-order valence-corrected chi connectivity index (χ1v) is 7.86. The first-order chi connectivity index (χ1) is 11.4. The van der Waals surface area contributed by atoms with Crippen molar-refractivity contribution in [3.05, 3.63) is 41.9 Å². The highest BCUT2D eigenvalue weighted by Gasteiger charge is 2.30. The minimum atomic E-state index is -4.33. The summed E-state index contributed by atoms with van der Waals surface area (Å²) in [5.41, 5.74) is 5.78. The number of halogens is 3. The van der Waals surface area contributed by atoms with Gasteiger partial charge in [0.25, 0.3) is 0 Å². The molecule has 0 radical (unpaired) electrons. The number of H-pyrrole nitrogens is 1. The number of hydrogen-bond acceptors (Lipinski definition) is 2. The van der Waals surface area contributed by atoms with Crippen molar-refractivity contribution in [2.45, 2.75) is 44.7 Å². The van der Waals surface area contributed by atoms with Crippen molar-refractivity contribution in [1.82, 2.24) is 9.97 Å². The van der Waals surface area contributed by atoms with Crippen molar-refractivity contribution in [1.29, 1.82) is 0 Å². The molecule has 2 rings (SSSR count). The van der Waals surface area contributed by atoms with Crippen LogP contribution in [0.2, 0.25) is 0 Å². The Morgan fingerprint density at radius 1 is 1.08 bits per heavy atom. The van der Waals surface area contributed by atoms with E-state index in [1.54, 1.807) is 6.20 Å². The SMILES string of the molecule is NC(=O)CCCCCCc1ncc(-c2ccc(C(F)(F)F)cc2)[nH]1. The van der Waals surface area contributed by atoms with Crippen LogP contribution in [-0.4, -0.2) is 15.9 Å². The lowest BCUT2D eigenvalue weighted by Gasteiger charge is -2.06. The zero-order valence-electron chi connectivity index (χ0n) is 13.2. The zero-order valence-corrected chi connectivity index (χ0v) is 13.2. The number of nitrogens with two attached hydrogens (primary N) is 1. The minimum absolute atomic E-state index is 0.276. The number of benzene rings is 1. The summed E-state index contributed by atoms with van der Waals surface area (Å²) in [6.07, 6.45) is 2.12. The van der Waals surface area contributed by atoms with Gasteiger partial charge < -0.3 is 10.7 Å². The lowest BCUT2D eigenvalue weighted by molar-refractivity contribution is -0.137. The van der Waals surface area contributed by atoms with Gasteiger partial charge in [-0.15, -0.1) is 0 Å². The Labute approximate surface area is 138 Å². The number of nitrogens with zero attached hydrogens (tertiary/aromatic N) is 1. The fourth-order valence-corrected chi connectivity index (χ4v) is 2.42. The molecule has 1 heterocycles. The van der Waals surface area contributed by atoms with Crippen molar-refractivity contribution in [3.63, 3.8) is 0 Å². The molecule has 0 spiro atoms. The van der Waals surface area contributed by atoms with Crippen molar-refractivity contribution in [2.24, 2.45) is 5.73 Å². The number of carbonyl (C=O) groups is 1. The Morgan fingerprint density at radius 3 is 2.38 bits per heavy atom. The van der Waals surface area contributed by atoms with E-state index in [-0.39, 0.29) is 5.91 Å². The Bertz CT molecular complexity index is 662. The highest BCUT2D eigenvalue weighted by Crippen LogP contribution is 2.30. The summed E-state index contributed by atoms with van der Waals surface area (Å²) in [4.78, 5) is 18.0. The molecule has 7 heteroatoms. The number of aromatic nitrogens is 2. The van der Waals surface area contributed by atoms with E-state index in [4.69, 9.17) is 5.73 Å². The number of unbranched alkanes of at least 4 members (excludes halogenated alkanes) is 3. The molecule has 0 aliphatic heterocycles. The average Bonchev–Trinajstić information content (AvgIpc) is 2.98. The predicted molar refractivity (Wildman–Crippen MR) is 85.0 cm³/mol. The normalized spacial score (nSPS) is 11.6. The third kappa shape index (κ3) is 5.40. The smallest absolute Gasteiger partial charge is 0.370 e. The fourth-order valence-electron chi connectivity index (χ4n) is 2.42. The lowest BCUT2D eigenvalue weighted by Crippen LogP contribution is -2.09. The molecule has 1 aromatic heterocycles. The van der Waals surface area contributed by atoms with Crippen molar-refractivity contribution < 1.29 is 18.0 Å². The maximum atomic E-state index is 12.6. The number of alkyl halides is 3. The van der Waals surface area contributed by atoms with Gasteiger partial charge in [-0.25, -0.2) is 4.98 Å². The molecule has 0 fully saturated rings. The van der Waals surface area contributed by atoms with Crippen molar-refractivity contribution >= 4 is 5.91 Å². The number of imidazole rings is 1. The van der Waals surface area contributed by atoms with Crippen LogP contribution in [0.1, 0.15) is 43.5 Å². The van der Waals surface area contributed by atoms with Gasteiger partial charge >= 0.3 is 6.18 Å². The molecule has 4 nitrogen and oxygen atoms in total. The molecular formula is C17H20F3N3O. The topological polar surface area (TPSA) is 71.8 Å². The van der Waals surface area contributed by atoms with Gasteiger partial charge in [0.2, 0.25) is 5.91 Å². The summed E-state index contributed by atoms with van der Waals surface area (Å²) in [5, 5.41) is 0. The van der Waals surface area contributed by atoms with Crippen LogP contribution in [-0.2, 0) is 17.4 Å². The summed E-state index contributed by atoms with van der Waals surface area (Å²) in [6, 6.07) is 5.00. The van der Waals surface area contributed by atoms with Gasteiger partial charge in [-0.3, -0.25) is 4.79 Å². The molecule has 24 heavy (non-hydrogen) atoms. The first-order valence-electron chi connectivity index (χ1n) is 7.86. The van der Waals surface area contributed by atoms with E-state index in [9.17, 15) is 18.0 Å². The van der Waals surface area contributed by atoms with Gasteiger partial charge in [0.05, 0.1) is 17.5 Å². The monoisotopic (exact) mass is 339 g/mol. The molecule has 0 aliphatic rings. The van der Waals surface area contributed by atoms with Crippen molar-refractivity contribution in [3.8, 4) is 11.3 Å². The summed E-state index contributed by atoms with van der Waals surface area (Å²) in [7, 11) is 0. The quantitative estimate of drug-likeness (QED) is 0.712. The van der Waals surface area contributed by atoms with Crippen LogP contribution in [0.3, 0.4) is 0 Å². The maximum absolute atomic E-state index is 12.6. The van der Waals surface area contributed by atoms with Crippen LogP contribution >= 0.6 is 0 Å². The van der Waals surface area contributed by atoms with E-state index in [2.05, 4.69) is 9.97 Å². The molecule has 3 N–H and O–H groups in total. The summed E-state index contributed by atoms with van der Waals surface area (Å²) >= 11 is 0. The number of amides is 1. The number of aromatic amines is 1. The van der Waals surface area contributed by atoms with E-state index in [0.29, 0.717) is 17.7 Å². The van der Waals surface area contributed by atoms with Crippen molar-refractivity contribution in [2.75, 3.05) is 0 Å². The minimum Gasteiger partial charge on any atom is -0.370 e. The molecule has 0 saturated carbocycles. The Balaban J connectivity index is 1.83. The van der Waals surface area contributed by atoms with Gasteiger partial charge in [0.1, 0.15) is 5.82 Å². The van der Waals surface area contributed by atoms with Gasteiger partial charge in [-0.1, -0.05) is 25.0 Å². The molecular weight excluding hydrogens is 319 g/mol. The van der Waals surface area contributed by atoms with Crippen LogP contribution in [0.5, 0.6) is 0 Å². The van der Waals surface area contributed by atoms with Gasteiger partial charge in [-0.05, 0) is 30.5 Å². The second-order valence-corrected chi connectivity index (χ2v) is 5.70. The summed E-state index contributed by atoms with van der Waals surface area (Å²) < 4.78 is 37.7. The molecule has 0 unspecified atom stereocenters. The third-order valence-corrected chi connectivity index (χ3v) is 3.74. The number of rotatable bonds is 8. The molecule has 0 atom stereocenters. The zero-order chi connectivity index (χ0) is 17.6. The van der Waals surface area contributed by atoms with Gasteiger partial charge in [0, 0.05) is 12.8 Å². The van der Waals surface area contributed by atoms with E-state index in [1.165, 1.54) is 12.1 Å².